The Hall–Kier alpha value is -2.65. The highest BCUT2D eigenvalue weighted by molar-refractivity contribution is 7.93. The molecule has 0 aliphatic heterocycles. The van der Waals surface area contributed by atoms with E-state index in [1.54, 1.807) is 19.9 Å². The van der Waals surface area contributed by atoms with Crippen molar-refractivity contribution in [3.05, 3.63) is 63.2 Å². The molecule has 27 heavy (non-hydrogen) atoms. The fraction of sp³-hybridized carbons (Fsp3) is 0.235. The largest absolute Gasteiger partial charge is 0.465 e. The van der Waals surface area contributed by atoms with E-state index < -0.39 is 38.0 Å². The Kier molecular flexibility index (Phi) is 6.40. The van der Waals surface area contributed by atoms with Crippen LogP contribution >= 0.6 is 11.6 Å². The van der Waals surface area contributed by atoms with Crippen LogP contribution in [-0.2, 0) is 19.6 Å². The fourth-order valence-corrected chi connectivity index (χ4v) is 4.23. The highest BCUT2D eigenvalue weighted by Crippen LogP contribution is 2.33. The standard InChI is InChI=1S/C17H17ClN2O6S/c1-3-26-17(21)11-19(14-9-6-7-13(18)12(14)2)27(24,25)16-10-5-4-8-15(16)20(22)23/h4-10H,3,11H2,1-2H3. The maximum Gasteiger partial charge on any atom is 0.326 e. The van der Waals surface area contributed by atoms with E-state index in [-0.39, 0.29) is 12.3 Å². The zero-order chi connectivity index (χ0) is 20.2. The first kappa shape index (κ1) is 20.7. The van der Waals surface area contributed by atoms with Crippen molar-refractivity contribution in [1.29, 1.82) is 0 Å². The lowest BCUT2D eigenvalue weighted by Crippen LogP contribution is -2.37. The predicted molar refractivity (Wildman–Crippen MR) is 100 cm³/mol. The van der Waals surface area contributed by atoms with Crippen molar-refractivity contribution in [2.75, 3.05) is 17.5 Å². The summed E-state index contributed by atoms with van der Waals surface area (Å²) < 4.78 is 32.1. The maximum atomic E-state index is 13.2. The zero-order valence-electron chi connectivity index (χ0n) is 14.6. The van der Waals surface area contributed by atoms with Gasteiger partial charge in [0, 0.05) is 11.1 Å². The number of nitro groups is 1. The lowest BCUT2D eigenvalue weighted by molar-refractivity contribution is -0.387. The minimum atomic E-state index is -4.45. The molecule has 0 unspecified atom stereocenters. The molecule has 10 heteroatoms. The molecule has 0 fully saturated rings. The smallest absolute Gasteiger partial charge is 0.326 e. The summed E-state index contributed by atoms with van der Waals surface area (Å²) in [5.41, 5.74) is -0.0506. The van der Waals surface area contributed by atoms with E-state index in [1.807, 2.05) is 0 Å². The van der Waals surface area contributed by atoms with E-state index >= 15 is 0 Å². The van der Waals surface area contributed by atoms with E-state index in [0.29, 0.717) is 10.6 Å². The number of sulfonamides is 1. The Morgan fingerprint density at radius 1 is 1.22 bits per heavy atom. The monoisotopic (exact) mass is 412 g/mol. The number of nitrogens with zero attached hydrogens (tertiary/aromatic N) is 2. The molecule has 0 radical (unpaired) electrons. The third-order valence-corrected chi connectivity index (χ3v) is 5.93. The van der Waals surface area contributed by atoms with Crippen LogP contribution in [0.5, 0.6) is 0 Å². The van der Waals surface area contributed by atoms with Crippen LogP contribution in [0.3, 0.4) is 0 Å². The molecule has 2 aromatic carbocycles. The van der Waals surface area contributed by atoms with Gasteiger partial charge in [-0.3, -0.25) is 19.2 Å². The van der Waals surface area contributed by atoms with Crippen LogP contribution in [0.4, 0.5) is 11.4 Å². The number of carbonyl (C=O) groups is 1. The van der Waals surface area contributed by atoms with Crippen molar-refractivity contribution in [3.63, 3.8) is 0 Å². The first-order valence-corrected chi connectivity index (χ1v) is 9.68. The Balaban J connectivity index is 2.67. The predicted octanol–water partition coefficient (Wildman–Crippen LogP) is 3.32. The topological polar surface area (TPSA) is 107 Å². The number of para-hydroxylation sites is 1. The molecule has 144 valence electrons. The maximum absolute atomic E-state index is 13.2. The Labute approximate surface area is 161 Å². The van der Waals surface area contributed by atoms with E-state index in [2.05, 4.69) is 0 Å². The normalized spacial score (nSPS) is 11.1. The number of rotatable bonds is 7. The first-order chi connectivity index (χ1) is 12.7. The van der Waals surface area contributed by atoms with Crippen LogP contribution in [0.25, 0.3) is 0 Å². The molecule has 8 nitrogen and oxygen atoms in total. The highest BCUT2D eigenvalue weighted by atomic mass is 35.5. The number of hydrogen-bond acceptors (Lipinski definition) is 6. The summed E-state index contributed by atoms with van der Waals surface area (Å²) in [7, 11) is -4.45. The van der Waals surface area contributed by atoms with Gasteiger partial charge in [-0.15, -0.1) is 0 Å². The molecule has 0 spiro atoms. The van der Waals surface area contributed by atoms with E-state index in [1.165, 1.54) is 24.3 Å². The quantitative estimate of drug-likeness (QED) is 0.392. The van der Waals surface area contributed by atoms with Gasteiger partial charge in [-0.25, -0.2) is 8.42 Å². The molecular weight excluding hydrogens is 396 g/mol. The molecule has 0 aromatic heterocycles. The van der Waals surface area contributed by atoms with Gasteiger partial charge < -0.3 is 4.74 Å². The molecule has 2 rings (SSSR count). The van der Waals surface area contributed by atoms with Crippen LogP contribution in [0.15, 0.2) is 47.4 Å². The Morgan fingerprint density at radius 2 is 1.89 bits per heavy atom. The molecule has 0 heterocycles. The number of ether oxygens (including phenoxy) is 1. The van der Waals surface area contributed by atoms with Crippen LogP contribution in [-0.4, -0.2) is 32.5 Å². The number of anilines is 1. The Bertz CT molecular complexity index is 977. The van der Waals surface area contributed by atoms with Gasteiger partial charge in [-0.2, -0.15) is 0 Å². The van der Waals surface area contributed by atoms with Crippen LogP contribution < -0.4 is 4.31 Å². The summed E-state index contributed by atoms with van der Waals surface area (Å²) in [6, 6.07) is 9.49. The van der Waals surface area contributed by atoms with E-state index in [9.17, 15) is 23.3 Å². The van der Waals surface area contributed by atoms with E-state index in [0.717, 1.165) is 16.4 Å². The zero-order valence-corrected chi connectivity index (χ0v) is 16.2. The third kappa shape index (κ3) is 4.37. The summed E-state index contributed by atoms with van der Waals surface area (Å²) in [6.07, 6.45) is 0. The Morgan fingerprint density at radius 3 is 2.52 bits per heavy atom. The summed E-state index contributed by atoms with van der Waals surface area (Å²) in [4.78, 5) is 22.0. The van der Waals surface area contributed by atoms with Crippen molar-refractivity contribution < 1.29 is 22.9 Å². The summed E-state index contributed by atoms with van der Waals surface area (Å²) >= 11 is 6.09. The lowest BCUT2D eigenvalue weighted by atomic mass is 10.2. The summed E-state index contributed by atoms with van der Waals surface area (Å²) in [6.45, 7) is 2.59. The van der Waals surface area contributed by atoms with Crippen LogP contribution in [0.1, 0.15) is 12.5 Å². The molecular formula is C17H17ClN2O6S. The number of carbonyl (C=O) groups excluding carboxylic acids is 1. The van der Waals surface area contributed by atoms with Crippen molar-refractivity contribution in [3.8, 4) is 0 Å². The van der Waals surface area contributed by atoms with Gasteiger partial charge in [-0.05, 0) is 37.6 Å². The number of nitro benzene ring substituents is 1. The van der Waals surface area contributed by atoms with Crippen molar-refractivity contribution >= 4 is 39.0 Å². The molecule has 0 bridgehead atoms. The van der Waals surface area contributed by atoms with E-state index in [4.69, 9.17) is 16.3 Å². The minimum Gasteiger partial charge on any atom is -0.465 e. The number of benzene rings is 2. The fourth-order valence-electron chi connectivity index (χ4n) is 2.43. The second-order valence-corrected chi connectivity index (χ2v) is 7.66. The van der Waals surface area contributed by atoms with Crippen LogP contribution in [0, 0.1) is 17.0 Å². The van der Waals surface area contributed by atoms with Crippen molar-refractivity contribution in [1.82, 2.24) is 0 Å². The van der Waals surface area contributed by atoms with Crippen LogP contribution in [0.2, 0.25) is 5.02 Å². The van der Waals surface area contributed by atoms with Gasteiger partial charge in [-0.1, -0.05) is 29.8 Å². The number of halogens is 1. The van der Waals surface area contributed by atoms with Gasteiger partial charge >= 0.3 is 5.97 Å². The lowest BCUT2D eigenvalue weighted by Gasteiger charge is -2.25. The molecule has 0 saturated heterocycles. The average molecular weight is 413 g/mol. The van der Waals surface area contributed by atoms with Gasteiger partial charge in [0.2, 0.25) is 0 Å². The third-order valence-electron chi connectivity index (χ3n) is 3.72. The minimum absolute atomic E-state index is 0.0622. The number of esters is 1. The number of hydrogen-bond donors (Lipinski definition) is 0. The first-order valence-electron chi connectivity index (χ1n) is 7.87. The average Bonchev–Trinajstić information content (AvgIpc) is 2.62. The molecule has 0 aliphatic rings. The molecule has 0 atom stereocenters. The van der Waals surface area contributed by atoms with Gasteiger partial charge in [0.25, 0.3) is 15.7 Å². The molecule has 2 aromatic rings. The molecule has 0 amide bonds. The highest BCUT2D eigenvalue weighted by Gasteiger charge is 2.34. The second kappa shape index (κ2) is 8.36. The van der Waals surface area contributed by atoms with Gasteiger partial charge in [0.05, 0.1) is 17.2 Å². The summed E-state index contributed by atoms with van der Waals surface area (Å²) in [5, 5.41) is 11.6. The molecule has 0 saturated carbocycles. The van der Waals surface area contributed by atoms with Crippen molar-refractivity contribution in [2.24, 2.45) is 0 Å². The SMILES string of the molecule is CCOC(=O)CN(c1cccc(Cl)c1C)S(=O)(=O)c1ccccc1[N+](=O)[O-]. The van der Waals surface area contributed by atoms with Gasteiger partial charge in [0.15, 0.2) is 4.90 Å². The second-order valence-electron chi connectivity index (χ2n) is 5.43. The van der Waals surface area contributed by atoms with Gasteiger partial charge in [0.1, 0.15) is 6.54 Å². The van der Waals surface area contributed by atoms with Crippen molar-refractivity contribution in [2.45, 2.75) is 18.7 Å². The molecule has 0 aliphatic carbocycles. The molecule has 0 N–H and O–H groups in total. The summed E-state index contributed by atoms with van der Waals surface area (Å²) in [5.74, 6) is -0.793.